The number of carboxylic acids is 1. The SMILES string of the molecule is CC(C)(CSc1cnccn1)C(=O)O. The number of carbonyl (C=O) groups is 1. The Kier molecular flexibility index (Phi) is 3.46. The molecule has 1 heterocycles. The van der Waals surface area contributed by atoms with Gasteiger partial charge < -0.3 is 5.11 Å². The normalized spacial score (nSPS) is 11.3. The van der Waals surface area contributed by atoms with Gasteiger partial charge in [0.05, 0.1) is 11.6 Å². The number of hydrogen-bond donors (Lipinski definition) is 1. The first kappa shape index (κ1) is 11.0. The molecule has 0 amide bonds. The Hall–Kier alpha value is -1.10. The third kappa shape index (κ3) is 2.99. The van der Waals surface area contributed by atoms with Gasteiger partial charge in [-0.3, -0.25) is 9.78 Å². The fraction of sp³-hybridized carbons (Fsp3) is 0.444. The number of thioether (sulfide) groups is 1. The zero-order chi connectivity index (χ0) is 10.6. The first-order chi connectivity index (χ1) is 6.52. The lowest BCUT2D eigenvalue weighted by atomic mass is 9.97. The topological polar surface area (TPSA) is 63.1 Å². The summed E-state index contributed by atoms with van der Waals surface area (Å²) in [5.74, 6) is -0.310. The van der Waals surface area contributed by atoms with Crippen LogP contribution in [0.1, 0.15) is 13.8 Å². The van der Waals surface area contributed by atoms with Crippen LogP contribution < -0.4 is 0 Å². The van der Waals surface area contributed by atoms with Gasteiger partial charge in [-0.2, -0.15) is 0 Å². The summed E-state index contributed by atoms with van der Waals surface area (Å²) >= 11 is 1.40. The number of nitrogens with zero attached hydrogens (tertiary/aromatic N) is 2. The molecule has 0 aliphatic rings. The summed E-state index contributed by atoms with van der Waals surface area (Å²) in [6, 6.07) is 0. The largest absolute Gasteiger partial charge is 0.481 e. The van der Waals surface area contributed by atoms with Crippen LogP contribution in [-0.4, -0.2) is 26.8 Å². The van der Waals surface area contributed by atoms with Crippen LogP contribution in [0.25, 0.3) is 0 Å². The lowest BCUT2D eigenvalue weighted by Crippen LogP contribution is -2.26. The highest BCUT2D eigenvalue weighted by Gasteiger charge is 2.27. The highest BCUT2D eigenvalue weighted by molar-refractivity contribution is 7.99. The lowest BCUT2D eigenvalue weighted by Gasteiger charge is -2.17. The van der Waals surface area contributed by atoms with Gasteiger partial charge in [0.2, 0.25) is 0 Å². The maximum atomic E-state index is 10.8. The summed E-state index contributed by atoms with van der Waals surface area (Å²) in [7, 11) is 0. The molecule has 0 unspecified atom stereocenters. The predicted molar refractivity (Wildman–Crippen MR) is 54.2 cm³/mol. The Morgan fingerprint density at radius 1 is 1.57 bits per heavy atom. The molecule has 1 N–H and O–H groups in total. The summed E-state index contributed by atoms with van der Waals surface area (Å²) < 4.78 is 0. The van der Waals surface area contributed by atoms with Gasteiger partial charge in [-0.25, -0.2) is 4.98 Å². The van der Waals surface area contributed by atoms with Crippen molar-refractivity contribution in [1.29, 1.82) is 0 Å². The minimum Gasteiger partial charge on any atom is -0.481 e. The van der Waals surface area contributed by atoms with E-state index in [1.807, 2.05) is 0 Å². The first-order valence-corrected chi connectivity index (χ1v) is 5.13. The summed E-state index contributed by atoms with van der Waals surface area (Å²) in [6.45, 7) is 3.39. The van der Waals surface area contributed by atoms with E-state index in [1.165, 1.54) is 11.8 Å². The summed E-state index contributed by atoms with van der Waals surface area (Å²) in [6.07, 6.45) is 4.81. The molecular weight excluding hydrogens is 200 g/mol. The van der Waals surface area contributed by atoms with E-state index in [0.717, 1.165) is 5.03 Å². The molecule has 14 heavy (non-hydrogen) atoms. The number of rotatable bonds is 4. The van der Waals surface area contributed by atoms with Gasteiger partial charge in [0.15, 0.2) is 0 Å². The van der Waals surface area contributed by atoms with Crippen molar-refractivity contribution in [2.24, 2.45) is 5.41 Å². The van der Waals surface area contributed by atoms with Gasteiger partial charge in [0.1, 0.15) is 5.03 Å². The maximum absolute atomic E-state index is 10.8. The van der Waals surface area contributed by atoms with Crippen LogP contribution in [0.2, 0.25) is 0 Å². The molecule has 0 bridgehead atoms. The minimum atomic E-state index is -0.797. The fourth-order valence-electron chi connectivity index (χ4n) is 0.676. The van der Waals surface area contributed by atoms with Crippen LogP contribution in [-0.2, 0) is 4.79 Å². The number of carboxylic acid groups (broad SMARTS) is 1. The van der Waals surface area contributed by atoms with Crippen molar-refractivity contribution in [1.82, 2.24) is 9.97 Å². The monoisotopic (exact) mass is 212 g/mol. The van der Waals surface area contributed by atoms with Crippen LogP contribution in [0.5, 0.6) is 0 Å². The zero-order valence-electron chi connectivity index (χ0n) is 8.10. The molecule has 0 spiro atoms. The Bertz CT molecular complexity index is 314. The summed E-state index contributed by atoms with van der Waals surface area (Å²) in [5.41, 5.74) is -0.734. The molecule has 5 heteroatoms. The van der Waals surface area contributed by atoms with E-state index in [4.69, 9.17) is 5.11 Å². The molecule has 0 saturated heterocycles. The fourth-order valence-corrected chi connectivity index (χ4v) is 1.58. The quantitative estimate of drug-likeness (QED) is 0.769. The molecular formula is C9H12N2O2S. The maximum Gasteiger partial charge on any atom is 0.309 e. The van der Waals surface area contributed by atoms with Gasteiger partial charge >= 0.3 is 5.97 Å². The van der Waals surface area contributed by atoms with Crippen LogP contribution >= 0.6 is 11.8 Å². The molecule has 0 atom stereocenters. The van der Waals surface area contributed by atoms with Gasteiger partial charge in [-0.15, -0.1) is 11.8 Å². The first-order valence-electron chi connectivity index (χ1n) is 4.14. The van der Waals surface area contributed by atoms with Crippen molar-refractivity contribution in [3.8, 4) is 0 Å². The van der Waals surface area contributed by atoms with Gasteiger partial charge in [-0.05, 0) is 13.8 Å². The van der Waals surface area contributed by atoms with E-state index in [2.05, 4.69) is 9.97 Å². The van der Waals surface area contributed by atoms with E-state index in [9.17, 15) is 4.79 Å². The highest BCUT2D eigenvalue weighted by Crippen LogP contribution is 2.25. The minimum absolute atomic E-state index is 0.487. The van der Waals surface area contributed by atoms with Gasteiger partial charge in [-0.1, -0.05) is 0 Å². The Morgan fingerprint density at radius 2 is 2.29 bits per heavy atom. The molecule has 1 aromatic rings. The predicted octanol–water partition coefficient (Wildman–Crippen LogP) is 1.68. The van der Waals surface area contributed by atoms with E-state index < -0.39 is 11.4 Å². The molecule has 0 aliphatic carbocycles. The van der Waals surface area contributed by atoms with Crippen molar-refractivity contribution >= 4 is 17.7 Å². The molecule has 1 rings (SSSR count). The molecule has 4 nitrogen and oxygen atoms in total. The Labute approximate surface area is 86.8 Å². The zero-order valence-corrected chi connectivity index (χ0v) is 8.91. The number of aliphatic carboxylic acids is 1. The van der Waals surface area contributed by atoms with E-state index in [0.29, 0.717) is 5.75 Å². The number of aromatic nitrogens is 2. The van der Waals surface area contributed by atoms with E-state index >= 15 is 0 Å². The lowest BCUT2D eigenvalue weighted by molar-refractivity contribution is -0.145. The summed E-state index contributed by atoms with van der Waals surface area (Å²) in [4.78, 5) is 18.7. The van der Waals surface area contributed by atoms with Crippen LogP contribution in [0.4, 0.5) is 0 Å². The number of hydrogen-bond acceptors (Lipinski definition) is 4. The third-order valence-electron chi connectivity index (χ3n) is 1.70. The smallest absolute Gasteiger partial charge is 0.309 e. The average Bonchev–Trinajstić information content (AvgIpc) is 2.16. The molecule has 1 aromatic heterocycles. The molecule has 0 aromatic carbocycles. The van der Waals surface area contributed by atoms with Crippen LogP contribution in [0.15, 0.2) is 23.6 Å². The van der Waals surface area contributed by atoms with Crippen molar-refractivity contribution in [2.75, 3.05) is 5.75 Å². The van der Waals surface area contributed by atoms with Crippen LogP contribution in [0, 0.1) is 5.41 Å². The third-order valence-corrected chi connectivity index (χ3v) is 3.07. The van der Waals surface area contributed by atoms with E-state index in [-0.39, 0.29) is 0 Å². The average molecular weight is 212 g/mol. The molecule has 76 valence electrons. The highest BCUT2D eigenvalue weighted by atomic mass is 32.2. The van der Waals surface area contributed by atoms with Crippen LogP contribution in [0.3, 0.4) is 0 Å². The molecule has 0 fully saturated rings. The standard InChI is InChI=1S/C9H12N2O2S/c1-9(2,8(12)13)6-14-7-5-10-3-4-11-7/h3-5H,6H2,1-2H3,(H,12,13). The van der Waals surface area contributed by atoms with Crippen molar-refractivity contribution in [3.05, 3.63) is 18.6 Å². The van der Waals surface area contributed by atoms with Crippen molar-refractivity contribution in [2.45, 2.75) is 18.9 Å². The second-order valence-electron chi connectivity index (χ2n) is 3.52. The second-order valence-corrected chi connectivity index (χ2v) is 4.52. The van der Waals surface area contributed by atoms with E-state index in [1.54, 1.807) is 32.4 Å². The molecule has 0 saturated carbocycles. The van der Waals surface area contributed by atoms with Crippen molar-refractivity contribution < 1.29 is 9.90 Å². The van der Waals surface area contributed by atoms with Gasteiger partial charge in [0, 0.05) is 18.1 Å². The molecule has 0 aliphatic heterocycles. The Balaban J connectivity index is 2.53. The molecule has 0 radical (unpaired) electrons. The summed E-state index contributed by atoms with van der Waals surface area (Å²) in [5, 5.41) is 9.62. The van der Waals surface area contributed by atoms with Gasteiger partial charge in [0.25, 0.3) is 0 Å². The Morgan fingerprint density at radius 3 is 2.79 bits per heavy atom. The van der Waals surface area contributed by atoms with Crippen molar-refractivity contribution in [3.63, 3.8) is 0 Å². The second kappa shape index (κ2) is 4.41.